The predicted octanol–water partition coefficient (Wildman–Crippen LogP) is 4.14. The summed E-state index contributed by atoms with van der Waals surface area (Å²) in [4.78, 5) is 4.36. The van der Waals surface area contributed by atoms with Crippen molar-refractivity contribution in [1.82, 2.24) is 4.98 Å². The van der Waals surface area contributed by atoms with Crippen LogP contribution in [0.4, 0.5) is 5.69 Å². The zero-order valence-corrected chi connectivity index (χ0v) is 13.0. The van der Waals surface area contributed by atoms with Crippen molar-refractivity contribution in [2.24, 2.45) is 0 Å². The Labute approximate surface area is 130 Å². The van der Waals surface area contributed by atoms with Gasteiger partial charge in [-0.05, 0) is 30.7 Å². The first-order valence-corrected chi connectivity index (χ1v) is 7.27. The summed E-state index contributed by atoms with van der Waals surface area (Å²) in [6.45, 7) is 3.32. The monoisotopic (exact) mass is 306 g/mol. The van der Waals surface area contributed by atoms with Gasteiger partial charge in [-0.1, -0.05) is 24.6 Å². The van der Waals surface area contributed by atoms with Gasteiger partial charge in [-0.15, -0.1) is 0 Å². The first-order valence-electron chi connectivity index (χ1n) is 6.89. The zero-order chi connectivity index (χ0) is 15.1. The fourth-order valence-corrected chi connectivity index (χ4v) is 2.01. The average Bonchev–Trinajstić information content (AvgIpc) is 2.52. The maximum atomic E-state index is 6.05. The number of hydrogen-bond acceptors (Lipinski definition) is 4. The van der Waals surface area contributed by atoms with Crippen LogP contribution in [0.3, 0.4) is 0 Å². The number of benzene rings is 1. The van der Waals surface area contributed by atoms with Crippen LogP contribution in [0.25, 0.3) is 0 Å². The van der Waals surface area contributed by atoms with Crippen LogP contribution in [0.2, 0.25) is 5.02 Å². The molecule has 0 saturated carbocycles. The van der Waals surface area contributed by atoms with Gasteiger partial charge in [0.25, 0.3) is 0 Å². The number of ether oxygens (including phenoxy) is 2. The van der Waals surface area contributed by atoms with E-state index < -0.39 is 0 Å². The first-order chi connectivity index (χ1) is 10.2. The Kier molecular flexibility index (Phi) is 5.69. The zero-order valence-electron chi connectivity index (χ0n) is 12.2. The van der Waals surface area contributed by atoms with Gasteiger partial charge in [0.15, 0.2) is 0 Å². The molecule has 2 aromatic rings. The summed E-state index contributed by atoms with van der Waals surface area (Å²) in [5.74, 6) is 1.40. The molecule has 0 saturated heterocycles. The highest BCUT2D eigenvalue weighted by molar-refractivity contribution is 6.30. The maximum absolute atomic E-state index is 6.05. The second-order valence-corrected chi connectivity index (χ2v) is 4.95. The number of hydrogen-bond donors (Lipinski definition) is 1. The van der Waals surface area contributed by atoms with Crippen molar-refractivity contribution in [2.45, 2.75) is 19.9 Å². The fourth-order valence-electron chi connectivity index (χ4n) is 1.83. The molecule has 1 N–H and O–H groups in total. The van der Waals surface area contributed by atoms with Crippen LogP contribution < -0.4 is 14.8 Å². The largest absolute Gasteiger partial charge is 0.491 e. The molecule has 1 aromatic carbocycles. The highest BCUT2D eigenvalue weighted by Gasteiger charge is 2.05. The van der Waals surface area contributed by atoms with Crippen molar-refractivity contribution in [3.8, 4) is 11.6 Å². The van der Waals surface area contributed by atoms with E-state index in [1.54, 1.807) is 7.11 Å². The smallest absolute Gasteiger partial charge is 0.213 e. The van der Waals surface area contributed by atoms with E-state index >= 15 is 0 Å². The van der Waals surface area contributed by atoms with Gasteiger partial charge in [0.1, 0.15) is 5.75 Å². The van der Waals surface area contributed by atoms with Crippen molar-refractivity contribution < 1.29 is 9.47 Å². The lowest BCUT2D eigenvalue weighted by Crippen LogP contribution is -2.05. The summed E-state index contributed by atoms with van der Waals surface area (Å²) in [5, 5.41) is 3.97. The number of nitrogens with one attached hydrogen (secondary N) is 1. The van der Waals surface area contributed by atoms with Crippen LogP contribution in [0.1, 0.15) is 19.0 Å². The third-order valence-corrected chi connectivity index (χ3v) is 3.09. The molecular weight excluding hydrogens is 288 g/mol. The molecule has 0 spiro atoms. The van der Waals surface area contributed by atoms with E-state index in [4.69, 9.17) is 21.1 Å². The Morgan fingerprint density at radius 1 is 1.24 bits per heavy atom. The number of rotatable bonds is 7. The van der Waals surface area contributed by atoms with E-state index in [0.29, 0.717) is 24.1 Å². The predicted molar refractivity (Wildman–Crippen MR) is 85.4 cm³/mol. The minimum absolute atomic E-state index is 0.569. The first kappa shape index (κ1) is 15.4. The van der Waals surface area contributed by atoms with Crippen molar-refractivity contribution in [1.29, 1.82) is 0 Å². The van der Waals surface area contributed by atoms with E-state index in [1.807, 2.05) is 36.4 Å². The highest BCUT2D eigenvalue weighted by atomic mass is 35.5. The topological polar surface area (TPSA) is 43.4 Å². The van der Waals surface area contributed by atoms with Gasteiger partial charge in [-0.2, -0.15) is 0 Å². The van der Waals surface area contributed by atoms with Crippen LogP contribution in [0.15, 0.2) is 36.4 Å². The molecule has 0 aliphatic rings. The molecule has 2 rings (SSSR count). The molecule has 21 heavy (non-hydrogen) atoms. The summed E-state index contributed by atoms with van der Waals surface area (Å²) in [6.07, 6.45) is 0.958. The van der Waals surface area contributed by atoms with Gasteiger partial charge in [0.05, 0.1) is 31.6 Å². The fraction of sp³-hybridized carbons (Fsp3) is 0.312. The second-order valence-electron chi connectivity index (χ2n) is 4.51. The Hall–Kier alpha value is -1.94. The van der Waals surface area contributed by atoms with Crippen molar-refractivity contribution >= 4 is 17.3 Å². The van der Waals surface area contributed by atoms with E-state index in [9.17, 15) is 0 Å². The normalized spacial score (nSPS) is 10.2. The van der Waals surface area contributed by atoms with Crippen molar-refractivity contribution in [2.75, 3.05) is 19.0 Å². The molecule has 0 fully saturated rings. The number of pyridine rings is 1. The lowest BCUT2D eigenvalue weighted by atomic mass is 10.2. The molecule has 0 aliphatic carbocycles. The SMILES string of the molecule is CCCOc1ccc(Cl)cc1NCc1cccc(OC)n1. The molecule has 0 unspecified atom stereocenters. The molecule has 112 valence electrons. The Morgan fingerprint density at radius 2 is 2.10 bits per heavy atom. The summed E-state index contributed by atoms with van der Waals surface area (Å²) in [5.41, 5.74) is 1.75. The minimum atomic E-state index is 0.569. The average molecular weight is 307 g/mol. The molecule has 0 amide bonds. The number of aromatic nitrogens is 1. The van der Waals surface area contributed by atoms with Crippen LogP contribution in [-0.4, -0.2) is 18.7 Å². The van der Waals surface area contributed by atoms with E-state index in [2.05, 4.69) is 17.2 Å². The molecule has 1 aromatic heterocycles. The summed E-state index contributed by atoms with van der Waals surface area (Å²) >= 11 is 6.05. The van der Waals surface area contributed by atoms with Crippen molar-refractivity contribution in [3.05, 3.63) is 47.1 Å². The van der Waals surface area contributed by atoms with Crippen LogP contribution in [-0.2, 0) is 6.54 Å². The molecule has 0 aliphatic heterocycles. The lowest BCUT2D eigenvalue weighted by molar-refractivity contribution is 0.319. The van der Waals surface area contributed by atoms with Gasteiger partial charge in [0.2, 0.25) is 5.88 Å². The summed E-state index contributed by atoms with van der Waals surface area (Å²) in [6, 6.07) is 11.2. The number of anilines is 1. The number of nitrogens with zero attached hydrogens (tertiary/aromatic N) is 1. The van der Waals surface area contributed by atoms with Crippen LogP contribution in [0, 0.1) is 0 Å². The second kappa shape index (κ2) is 7.74. The molecule has 1 heterocycles. The quantitative estimate of drug-likeness (QED) is 0.834. The molecular formula is C16H19ClN2O2. The molecule has 0 radical (unpaired) electrons. The van der Waals surface area contributed by atoms with Gasteiger partial charge >= 0.3 is 0 Å². The van der Waals surface area contributed by atoms with E-state index in [1.165, 1.54) is 0 Å². The standard InChI is InChI=1S/C16H19ClN2O2/c1-3-9-21-15-8-7-12(17)10-14(15)18-11-13-5-4-6-16(19-13)20-2/h4-8,10,18H,3,9,11H2,1-2H3. The summed E-state index contributed by atoms with van der Waals surface area (Å²) < 4.78 is 10.8. The lowest BCUT2D eigenvalue weighted by Gasteiger charge is -2.13. The van der Waals surface area contributed by atoms with Gasteiger partial charge in [0, 0.05) is 11.1 Å². The molecule has 0 bridgehead atoms. The van der Waals surface area contributed by atoms with E-state index in [0.717, 1.165) is 23.6 Å². The maximum Gasteiger partial charge on any atom is 0.213 e. The molecule has 4 nitrogen and oxygen atoms in total. The van der Waals surface area contributed by atoms with Gasteiger partial charge in [-0.25, -0.2) is 4.98 Å². The van der Waals surface area contributed by atoms with Crippen LogP contribution in [0.5, 0.6) is 11.6 Å². The molecule has 5 heteroatoms. The van der Waals surface area contributed by atoms with E-state index in [-0.39, 0.29) is 0 Å². The Bertz CT molecular complexity index is 590. The Balaban J connectivity index is 2.09. The van der Waals surface area contributed by atoms with Gasteiger partial charge in [-0.3, -0.25) is 0 Å². The number of methoxy groups -OCH3 is 1. The van der Waals surface area contributed by atoms with Crippen molar-refractivity contribution in [3.63, 3.8) is 0 Å². The molecule has 0 atom stereocenters. The summed E-state index contributed by atoms with van der Waals surface area (Å²) in [7, 11) is 1.60. The third-order valence-electron chi connectivity index (χ3n) is 2.85. The highest BCUT2D eigenvalue weighted by Crippen LogP contribution is 2.28. The van der Waals surface area contributed by atoms with Gasteiger partial charge < -0.3 is 14.8 Å². The minimum Gasteiger partial charge on any atom is -0.491 e. The van der Waals surface area contributed by atoms with Crippen LogP contribution >= 0.6 is 11.6 Å². The third kappa shape index (κ3) is 4.53. The number of halogens is 1. The Morgan fingerprint density at radius 3 is 2.86 bits per heavy atom.